The predicted octanol–water partition coefficient (Wildman–Crippen LogP) is 2.44. The van der Waals surface area contributed by atoms with Gasteiger partial charge in [-0.1, -0.05) is 13.8 Å². The van der Waals surface area contributed by atoms with Crippen LogP contribution in [0.25, 0.3) is 0 Å². The van der Waals surface area contributed by atoms with Crippen molar-refractivity contribution in [3.8, 4) is 0 Å². The molecule has 0 spiro atoms. The van der Waals surface area contributed by atoms with Crippen LogP contribution in [-0.4, -0.2) is 0 Å². The molecule has 2 atom stereocenters. The molecular formula is C8H14. The van der Waals surface area contributed by atoms with E-state index in [1.165, 1.54) is 19.3 Å². The number of rotatable bonds is 1. The van der Waals surface area contributed by atoms with Crippen LogP contribution in [0.15, 0.2) is 0 Å². The monoisotopic (exact) mass is 110 g/mol. The van der Waals surface area contributed by atoms with Gasteiger partial charge in [-0.15, -0.1) is 0 Å². The maximum atomic E-state index is 2.45. The van der Waals surface area contributed by atoms with Crippen molar-refractivity contribution in [1.29, 1.82) is 0 Å². The minimum atomic E-state index is 0.833. The molecule has 0 aromatic rings. The molecular weight excluding hydrogens is 96.1 g/mol. The van der Waals surface area contributed by atoms with Crippen LogP contribution in [0.5, 0.6) is 0 Å². The molecule has 2 aliphatic carbocycles. The number of hydrogen-bond donors (Lipinski definition) is 0. The lowest BCUT2D eigenvalue weighted by Crippen LogP contribution is -1.95. The SMILES string of the molecule is C[C@@H]1C[C@@H]1C1(C)CC1. The second kappa shape index (κ2) is 1.12. The van der Waals surface area contributed by atoms with Crippen LogP contribution in [0.4, 0.5) is 0 Å². The number of hydrogen-bond acceptors (Lipinski definition) is 0. The maximum Gasteiger partial charge on any atom is -0.0294 e. The largest absolute Gasteiger partial charge is 0.0622 e. The van der Waals surface area contributed by atoms with Gasteiger partial charge in [-0.3, -0.25) is 0 Å². The van der Waals surface area contributed by atoms with E-state index in [4.69, 9.17) is 0 Å². The van der Waals surface area contributed by atoms with Gasteiger partial charge < -0.3 is 0 Å². The summed E-state index contributed by atoms with van der Waals surface area (Å²) < 4.78 is 0. The van der Waals surface area contributed by atoms with E-state index in [-0.39, 0.29) is 0 Å². The fraction of sp³-hybridized carbons (Fsp3) is 1.00. The Morgan fingerprint density at radius 2 is 1.88 bits per heavy atom. The first-order valence-electron chi connectivity index (χ1n) is 3.72. The van der Waals surface area contributed by atoms with E-state index in [0.29, 0.717) is 0 Å². The zero-order valence-corrected chi connectivity index (χ0v) is 5.78. The van der Waals surface area contributed by atoms with Gasteiger partial charge in [-0.25, -0.2) is 0 Å². The van der Waals surface area contributed by atoms with E-state index < -0.39 is 0 Å². The Labute approximate surface area is 51.3 Å². The average molecular weight is 110 g/mol. The molecule has 0 radical (unpaired) electrons. The van der Waals surface area contributed by atoms with Gasteiger partial charge in [0.15, 0.2) is 0 Å². The summed E-state index contributed by atoms with van der Waals surface area (Å²) in [5.41, 5.74) is 0.833. The minimum absolute atomic E-state index is 0.833. The zero-order chi connectivity index (χ0) is 5.78. The molecule has 0 aromatic carbocycles. The lowest BCUT2D eigenvalue weighted by Gasteiger charge is -2.02. The third-order valence-corrected chi connectivity index (χ3v) is 3.04. The van der Waals surface area contributed by atoms with Crippen LogP contribution in [0.3, 0.4) is 0 Å². The van der Waals surface area contributed by atoms with Crippen LogP contribution in [0.1, 0.15) is 33.1 Å². The summed E-state index contributed by atoms with van der Waals surface area (Å²) in [4.78, 5) is 0. The Bertz CT molecular complexity index is 111. The van der Waals surface area contributed by atoms with E-state index in [1.54, 1.807) is 0 Å². The molecule has 0 nitrogen and oxygen atoms in total. The Kier molecular flexibility index (Phi) is 0.678. The molecule has 2 rings (SSSR count). The van der Waals surface area contributed by atoms with Crippen molar-refractivity contribution < 1.29 is 0 Å². The van der Waals surface area contributed by atoms with Crippen LogP contribution < -0.4 is 0 Å². The molecule has 2 saturated carbocycles. The molecule has 0 saturated heterocycles. The summed E-state index contributed by atoms with van der Waals surface area (Å²) in [7, 11) is 0. The fourth-order valence-corrected chi connectivity index (χ4v) is 1.86. The van der Waals surface area contributed by atoms with Crippen molar-refractivity contribution in [2.24, 2.45) is 17.3 Å². The van der Waals surface area contributed by atoms with Gasteiger partial charge in [0.1, 0.15) is 0 Å². The zero-order valence-electron chi connectivity index (χ0n) is 5.78. The predicted molar refractivity (Wildman–Crippen MR) is 34.6 cm³/mol. The summed E-state index contributed by atoms with van der Waals surface area (Å²) >= 11 is 0. The Morgan fingerprint density at radius 3 is 2.00 bits per heavy atom. The molecule has 2 aliphatic rings. The molecule has 0 heteroatoms. The summed E-state index contributed by atoms with van der Waals surface area (Å²) in [5.74, 6) is 2.20. The van der Waals surface area contributed by atoms with Gasteiger partial charge in [0.05, 0.1) is 0 Å². The van der Waals surface area contributed by atoms with Crippen molar-refractivity contribution in [3.63, 3.8) is 0 Å². The molecule has 0 heterocycles. The standard InChI is InChI=1S/C8H14/c1-6-5-7(6)8(2)3-4-8/h6-7H,3-5H2,1-2H3/t6-,7+/m1/s1. The Morgan fingerprint density at radius 1 is 1.38 bits per heavy atom. The van der Waals surface area contributed by atoms with Crippen LogP contribution >= 0.6 is 0 Å². The highest BCUT2D eigenvalue weighted by Gasteiger charge is 2.53. The van der Waals surface area contributed by atoms with E-state index in [1.807, 2.05) is 0 Å². The lowest BCUT2D eigenvalue weighted by molar-refractivity contribution is 0.464. The molecule has 8 heavy (non-hydrogen) atoms. The van der Waals surface area contributed by atoms with Gasteiger partial charge in [0, 0.05) is 0 Å². The van der Waals surface area contributed by atoms with E-state index in [9.17, 15) is 0 Å². The fourth-order valence-electron chi connectivity index (χ4n) is 1.86. The molecule has 0 bridgehead atoms. The van der Waals surface area contributed by atoms with E-state index in [0.717, 1.165) is 17.3 Å². The van der Waals surface area contributed by atoms with Crippen molar-refractivity contribution in [2.75, 3.05) is 0 Å². The third kappa shape index (κ3) is 0.519. The van der Waals surface area contributed by atoms with E-state index in [2.05, 4.69) is 13.8 Å². The first-order valence-corrected chi connectivity index (χ1v) is 3.72. The van der Waals surface area contributed by atoms with E-state index >= 15 is 0 Å². The average Bonchev–Trinajstić information content (AvgIpc) is 2.47. The first-order chi connectivity index (χ1) is 3.72. The van der Waals surface area contributed by atoms with Crippen molar-refractivity contribution in [2.45, 2.75) is 33.1 Å². The van der Waals surface area contributed by atoms with Crippen LogP contribution in [0.2, 0.25) is 0 Å². The molecule has 2 fully saturated rings. The van der Waals surface area contributed by atoms with Gasteiger partial charge >= 0.3 is 0 Å². The highest BCUT2D eigenvalue weighted by Crippen LogP contribution is 2.63. The van der Waals surface area contributed by atoms with Gasteiger partial charge in [0.25, 0.3) is 0 Å². The topological polar surface area (TPSA) is 0 Å². The van der Waals surface area contributed by atoms with Crippen LogP contribution in [-0.2, 0) is 0 Å². The van der Waals surface area contributed by atoms with Crippen molar-refractivity contribution in [3.05, 3.63) is 0 Å². The summed E-state index contributed by atoms with van der Waals surface area (Å²) in [5, 5.41) is 0. The molecule has 0 aromatic heterocycles. The highest BCUT2D eigenvalue weighted by molar-refractivity contribution is 5.03. The second-order valence-corrected chi connectivity index (χ2v) is 3.97. The third-order valence-electron chi connectivity index (χ3n) is 3.04. The molecule has 46 valence electrons. The second-order valence-electron chi connectivity index (χ2n) is 3.97. The van der Waals surface area contributed by atoms with Crippen molar-refractivity contribution in [1.82, 2.24) is 0 Å². The maximum absolute atomic E-state index is 2.45. The minimum Gasteiger partial charge on any atom is -0.0622 e. The van der Waals surface area contributed by atoms with Crippen molar-refractivity contribution >= 4 is 0 Å². The van der Waals surface area contributed by atoms with Gasteiger partial charge in [-0.05, 0) is 36.5 Å². The quantitative estimate of drug-likeness (QED) is 0.486. The summed E-state index contributed by atoms with van der Waals surface area (Å²) in [6.07, 6.45) is 4.56. The summed E-state index contributed by atoms with van der Waals surface area (Å²) in [6.45, 7) is 4.83. The molecule has 0 aliphatic heterocycles. The molecule has 0 N–H and O–H groups in total. The smallest absolute Gasteiger partial charge is 0.0294 e. The van der Waals surface area contributed by atoms with Gasteiger partial charge in [0.2, 0.25) is 0 Å². The Balaban J connectivity index is 1.99. The summed E-state index contributed by atoms with van der Waals surface area (Å²) in [6, 6.07) is 0. The highest BCUT2D eigenvalue weighted by atomic mass is 14.6. The first kappa shape index (κ1) is 4.84. The normalized spacial score (nSPS) is 48.8. The Hall–Kier alpha value is 0. The van der Waals surface area contributed by atoms with Gasteiger partial charge in [-0.2, -0.15) is 0 Å². The molecule has 0 unspecified atom stereocenters. The lowest BCUT2D eigenvalue weighted by atomic mass is 10.0. The molecule has 0 amide bonds. The van der Waals surface area contributed by atoms with Crippen LogP contribution in [0, 0.1) is 17.3 Å².